The maximum atomic E-state index is 13.3. The van der Waals surface area contributed by atoms with Gasteiger partial charge in [0.05, 0.1) is 10.7 Å². The number of halogens is 1. The number of carbonyl (C=O) groups is 1. The lowest BCUT2D eigenvalue weighted by Crippen LogP contribution is -2.29. The van der Waals surface area contributed by atoms with Gasteiger partial charge in [-0.3, -0.25) is 9.10 Å². The van der Waals surface area contributed by atoms with Gasteiger partial charge < -0.3 is 5.32 Å². The number of rotatable bonds is 5. The normalized spacial score (nSPS) is 13.2. The molecule has 0 unspecified atom stereocenters. The summed E-state index contributed by atoms with van der Waals surface area (Å²) in [4.78, 5) is 13.7. The molecule has 0 aliphatic carbocycles. The van der Waals surface area contributed by atoms with Crippen molar-refractivity contribution in [2.45, 2.75) is 16.2 Å². The van der Waals surface area contributed by atoms with Gasteiger partial charge in [-0.15, -0.1) is 11.8 Å². The highest BCUT2D eigenvalue weighted by Crippen LogP contribution is 2.35. The molecular formula is C22H19ClN2O3S2. The Morgan fingerprint density at radius 1 is 1.07 bits per heavy atom. The molecule has 4 rings (SSSR count). The van der Waals surface area contributed by atoms with E-state index >= 15 is 0 Å². The SMILES string of the molecule is CSc1ccc(NC(=O)c2ccc(Cl)c(S(=O)(=O)N3CCc4ccccc43)c2)cc1. The third-order valence-corrected chi connectivity index (χ3v) is 7.99. The molecule has 1 aliphatic heterocycles. The zero-order chi connectivity index (χ0) is 21.3. The molecule has 0 aromatic heterocycles. The molecule has 8 heteroatoms. The van der Waals surface area contributed by atoms with E-state index in [1.54, 1.807) is 36.0 Å². The van der Waals surface area contributed by atoms with Crippen LogP contribution >= 0.6 is 23.4 Å². The summed E-state index contributed by atoms with van der Waals surface area (Å²) in [5.74, 6) is -0.401. The number of hydrogen-bond donors (Lipinski definition) is 1. The van der Waals surface area contributed by atoms with E-state index in [2.05, 4.69) is 5.32 Å². The van der Waals surface area contributed by atoms with Crippen LogP contribution in [0.15, 0.2) is 76.5 Å². The topological polar surface area (TPSA) is 66.5 Å². The van der Waals surface area contributed by atoms with Gasteiger partial charge >= 0.3 is 0 Å². The van der Waals surface area contributed by atoms with E-state index in [0.29, 0.717) is 24.3 Å². The van der Waals surface area contributed by atoms with Gasteiger partial charge in [0.15, 0.2) is 0 Å². The van der Waals surface area contributed by atoms with E-state index in [0.717, 1.165) is 10.5 Å². The van der Waals surface area contributed by atoms with Crippen LogP contribution < -0.4 is 9.62 Å². The molecule has 0 saturated carbocycles. The minimum atomic E-state index is -3.90. The Kier molecular flexibility index (Phi) is 5.77. The molecule has 0 fully saturated rings. The fourth-order valence-corrected chi connectivity index (χ4v) is 5.81. The monoisotopic (exact) mass is 458 g/mol. The molecule has 0 radical (unpaired) electrons. The number of anilines is 2. The Bertz CT molecular complexity index is 1210. The first-order valence-electron chi connectivity index (χ1n) is 9.26. The lowest BCUT2D eigenvalue weighted by atomic mass is 10.2. The van der Waals surface area contributed by atoms with Crippen molar-refractivity contribution >= 4 is 50.7 Å². The van der Waals surface area contributed by atoms with Crippen molar-refractivity contribution in [2.75, 3.05) is 22.4 Å². The number of carbonyl (C=O) groups excluding carboxylic acids is 1. The first kappa shape index (κ1) is 20.8. The number of fused-ring (bicyclic) bond motifs is 1. The number of benzene rings is 3. The highest BCUT2D eigenvalue weighted by Gasteiger charge is 2.32. The van der Waals surface area contributed by atoms with Gasteiger partial charge in [0.1, 0.15) is 4.90 Å². The highest BCUT2D eigenvalue weighted by atomic mass is 35.5. The van der Waals surface area contributed by atoms with Gasteiger partial charge in [-0.25, -0.2) is 8.42 Å². The second-order valence-electron chi connectivity index (χ2n) is 6.78. The van der Waals surface area contributed by atoms with Crippen LogP contribution in [0, 0.1) is 0 Å². The third kappa shape index (κ3) is 3.93. The number of thioether (sulfide) groups is 1. The second kappa shape index (κ2) is 8.34. The molecule has 0 bridgehead atoms. The summed E-state index contributed by atoms with van der Waals surface area (Å²) in [6.45, 7) is 0.343. The van der Waals surface area contributed by atoms with Crippen molar-refractivity contribution in [1.29, 1.82) is 0 Å². The molecule has 30 heavy (non-hydrogen) atoms. The van der Waals surface area contributed by atoms with Crippen LogP contribution in [0.2, 0.25) is 5.02 Å². The number of amides is 1. The van der Waals surface area contributed by atoms with E-state index in [-0.39, 0.29) is 15.5 Å². The Labute approximate surface area is 185 Å². The smallest absolute Gasteiger partial charge is 0.265 e. The number of hydrogen-bond acceptors (Lipinski definition) is 4. The van der Waals surface area contributed by atoms with Crippen molar-refractivity contribution in [1.82, 2.24) is 0 Å². The molecule has 1 aliphatic rings. The first-order valence-corrected chi connectivity index (χ1v) is 12.3. The lowest BCUT2D eigenvalue weighted by Gasteiger charge is -2.20. The van der Waals surface area contributed by atoms with Gasteiger partial charge in [-0.2, -0.15) is 0 Å². The van der Waals surface area contributed by atoms with Crippen molar-refractivity contribution in [3.63, 3.8) is 0 Å². The van der Waals surface area contributed by atoms with Crippen LogP contribution in [-0.4, -0.2) is 27.1 Å². The van der Waals surface area contributed by atoms with Crippen LogP contribution in [0.1, 0.15) is 15.9 Å². The lowest BCUT2D eigenvalue weighted by molar-refractivity contribution is 0.102. The fourth-order valence-electron chi connectivity index (χ4n) is 3.40. The zero-order valence-electron chi connectivity index (χ0n) is 16.1. The molecule has 3 aromatic carbocycles. The van der Waals surface area contributed by atoms with Gasteiger partial charge in [0, 0.05) is 22.7 Å². The molecule has 1 N–H and O–H groups in total. The molecule has 0 saturated heterocycles. The Morgan fingerprint density at radius 3 is 2.53 bits per heavy atom. The van der Waals surface area contributed by atoms with Crippen molar-refractivity contribution < 1.29 is 13.2 Å². The Morgan fingerprint density at radius 2 is 1.80 bits per heavy atom. The number of para-hydroxylation sites is 1. The van der Waals surface area contributed by atoms with Crippen LogP contribution in [0.4, 0.5) is 11.4 Å². The summed E-state index contributed by atoms with van der Waals surface area (Å²) in [5, 5.41) is 2.88. The number of nitrogens with one attached hydrogen (secondary N) is 1. The average Bonchev–Trinajstić information content (AvgIpc) is 3.19. The predicted molar refractivity (Wildman–Crippen MR) is 122 cm³/mol. The second-order valence-corrected chi connectivity index (χ2v) is 9.90. The largest absolute Gasteiger partial charge is 0.322 e. The Balaban J connectivity index is 1.64. The van der Waals surface area contributed by atoms with Crippen LogP contribution in [-0.2, 0) is 16.4 Å². The fraction of sp³-hybridized carbons (Fsp3) is 0.136. The van der Waals surface area contributed by atoms with E-state index in [1.807, 2.05) is 30.5 Å². The predicted octanol–water partition coefficient (Wildman–Crippen LogP) is 5.07. The number of sulfonamides is 1. The highest BCUT2D eigenvalue weighted by molar-refractivity contribution is 7.98. The quantitative estimate of drug-likeness (QED) is 0.542. The van der Waals surface area contributed by atoms with Gasteiger partial charge in [0.25, 0.3) is 15.9 Å². The van der Waals surface area contributed by atoms with Crippen LogP contribution in [0.25, 0.3) is 0 Å². The maximum Gasteiger partial charge on any atom is 0.265 e. The van der Waals surface area contributed by atoms with Crippen molar-refractivity contribution in [3.05, 3.63) is 82.9 Å². The average molecular weight is 459 g/mol. The number of nitrogens with zero attached hydrogens (tertiary/aromatic N) is 1. The zero-order valence-corrected chi connectivity index (χ0v) is 18.5. The third-order valence-electron chi connectivity index (χ3n) is 4.95. The minimum Gasteiger partial charge on any atom is -0.322 e. The van der Waals surface area contributed by atoms with Crippen LogP contribution in [0.5, 0.6) is 0 Å². The van der Waals surface area contributed by atoms with E-state index in [1.165, 1.54) is 22.5 Å². The molecule has 1 heterocycles. The van der Waals surface area contributed by atoms with Gasteiger partial charge in [-0.1, -0.05) is 29.8 Å². The van der Waals surface area contributed by atoms with Gasteiger partial charge in [0.2, 0.25) is 0 Å². The summed E-state index contributed by atoms with van der Waals surface area (Å²) < 4.78 is 28.0. The summed E-state index contributed by atoms with van der Waals surface area (Å²) in [6, 6.07) is 19.1. The molecular weight excluding hydrogens is 440 g/mol. The minimum absolute atomic E-state index is 0.0775. The Hall–Kier alpha value is -2.48. The van der Waals surface area contributed by atoms with E-state index < -0.39 is 15.9 Å². The molecule has 0 atom stereocenters. The first-order chi connectivity index (χ1) is 14.4. The summed E-state index contributed by atoms with van der Waals surface area (Å²) >= 11 is 7.85. The summed E-state index contributed by atoms with van der Waals surface area (Å²) in [6.07, 6.45) is 2.61. The standard InChI is InChI=1S/C22H19ClN2O3S2/c1-29-18-9-7-17(8-10-18)24-22(26)16-6-11-19(23)21(14-16)30(27,28)25-13-12-15-4-2-3-5-20(15)25/h2-11,14H,12-13H2,1H3,(H,24,26). The van der Waals surface area contributed by atoms with E-state index in [9.17, 15) is 13.2 Å². The van der Waals surface area contributed by atoms with Gasteiger partial charge in [-0.05, 0) is 66.8 Å². The molecule has 5 nitrogen and oxygen atoms in total. The summed E-state index contributed by atoms with van der Waals surface area (Å²) in [5.41, 5.74) is 2.47. The molecule has 154 valence electrons. The molecule has 3 aromatic rings. The maximum absolute atomic E-state index is 13.3. The summed E-state index contributed by atoms with van der Waals surface area (Å²) in [7, 11) is -3.90. The van der Waals surface area contributed by atoms with Crippen LogP contribution in [0.3, 0.4) is 0 Å². The van der Waals surface area contributed by atoms with E-state index in [4.69, 9.17) is 11.6 Å². The molecule has 0 spiro atoms. The molecule has 1 amide bonds. The van der Waals surface area contributed by atoms with Crippen molar-refractivity contribution in [3.8, 4) is 0 Å². The van der Waals surface area contributed by atoms with Crippen molar-refractivity contribution in [2.24, 2.45) is 0 Å².